The first-order valence-electron chi connectivity index (χ1n) is 8.52. The van der Waals surface area contributed by atoms with E-state index in [0.29, 0.717) is 25.1 Å². The summed E-state index contributed by atoms with van der Waals surface area (Å²) in [6.07, 6.45) is 4.18. The van der Waals surface area contributed by atoms with Crippen LogP contribution in [0.5, 0.6) is 0 Å². The first-order valence-corrected chi connectivity index (χ1v) is 8.52. The molecule has 0 N–H and O–H groups in total. The summed E-state index contributed by atoms with van der Waals surface area (Å²) in [5, 5.41) is 0. The first kappa shape index (κ1) is 16.3. The third kappa shape index (κ3) is 2.62. The molecule has 1 aromatic heterocycles. The maximum Gasteiger partial charge on any atom is 0.321 e. The normalized spacial score (nSPS) is 18.5. The summed E-state index contributed by atoms with van der Waals surface area (Å²) in [6.45, 7) is 0.404. The van der Waals surface area contributed by atoms with E-state index >= 15 is 0 Å². The Bertz CT molecular complexity index is 879. The SMILES string of the molecule is O=Cc1nccn1CC1CC(c2ccccc2)(c2ccccc2)C(=O)O1. The summed E-state index contributed by atoms with van der Waals surface area (Å²) in [5.74, 6) is 0.0747. The Morgan fingerprint density at radius 1 is 1.08 bits per heavy atom. The molecule has 1 aliphatic rings. The van der Waals surface area contributed by atoms with Gasteiger partial charge in [0, 0.05) is 18.8 Å². The Balaban J connectivity index is 1.73. The van der Waals surface area contributed by atoms with Gasteiger partial charge in [-0.2, -0.15) is 0 Å². The predicted octanol–water partition coefficient (Wildman–Crippen LogP) is 3.00. The van der Waals surface area contributed by atoms with E-state index in [1.807, 2.05) is 60.7 Å². The summed E-state index contributed by atoms with van der Waals surface area (Å²) in [4.78, 5) is 28.2. The fourth-order valence-corrected chi connectivity index (χ4v) is 3.72. The summed E-state index contributed by atoms with van der Waals surface area (Å²) in [6, 6.07) is 19.4. The minimum Gasteiger partial charge on any atom is -0.459 e. The highest BCUT2D eigenvalue weighted by Gasteiger charge is 2.51. The highest BCUT2D eigenvalue weighted by molar-refractivity contribution is 5.89. The highest BCUT2D eigenvalue weighted by atomic mass is 16.6. The van der Waals surface area contributed by atoms with Gasteiger partial charge in [-0.25, -0.2) is 4.98 Å². The van der Waals surface area contributed by atoms with Crippen LogP contribution >= 0.6 is 0 Å². The van der Waals surface area contributed by atoms with Crippen LogP contribution in [0, 0.1) is 0 Å². The van der Waals surface area contributed by atoms with E-state index in [4.69, 9.17) is 4.74 Å². The number of aromatic nitrogens is 2. The lowest BCUT2D eigenvalue weighted by Gasteiger charge is -2.26. The molecule has 0 radical (unpaired) electrons. The number of imidazole rings is 1. The van der Waals surface area contributed by atoms with Gasteiger partial charge in [-0.05, 0) is 11.1 Å². The van der Waals surface area contributed by atoms with Gasteiger partial charge in [0.05, 0.1) is 6.54 Å². The van der Waals surface area contributed by atoms with Gasteiger partial charge >= 0.3 is 5.97 Å². The summed E-state index contributed by atoms with van der Waals surface area (Å²) in [7, 11) is 0. The summed E-state index contributed by atoms with van der Waals surface area (Å²) < 4.78 is 7.47. The number of cyclic esters (lactones) is 1. The van der Waals surface area contributed by atoms with Crippen LogP contribution in [0.2, 0.25) is 0 Å². The molecule has 4 rings (SSSR count). The number of rotatable bonds is 5. The maximum atomic E-state index is 13.1. The number of aldehydes is 1. The van der Waals surface area contributed by atoms with Gasteiger partial charge in [0.15, 0.2) is 12.1 Å². The predicted molar refractivity (Wildman–Crippen MR) is 95.8 cm³/mol. The molecular formula is C21H18N2O3. The van der Waals surface area contributed by atoms with E-state index in [2.05, 4.69) is 4.98 Å². The number of carbonyl (C=O) groups is 2. The number of nitrogens with zero attached hydrogens (tertiary/aromatic N) is 2. The fraction of sp³-hybridized carbons (Fsp3) is 0.190. The molecule has 1 unspecified atom stereocenters. The average molecular weight is 346 g/mol. The van der Waals surface area contributed by atoms with Gasteiger partial charge in [0.1, 0.15) is 11.5 Å². The van der Waals surface area contributed by atoms with Gasteiger partial charge in [-0.15, -0.1) is 0 Å². The van der Waals surface area contributed by atoms with Crippen molar-refractivity contribution in [1.82, 2.24) is 9.55 Å². The van der Waals surface area contributed by atoms with Crippen molar-refractivity contribution in [3.8, 4) is 0 Å². The van der Waals surface area contributed by atoms with E-state index in [-0.39, 0.29) is 12.1 Å². The second-order valence-electron chi connectivity index (χ2n) is 6.42. The molecule has 2 aromatic carbocycles. The fourth-order valence-electron chi connectivity index (χ4n) is 3.72. The zero-order chi connectivity index (χ0) is 18.0. The van der Waals surface area contributed by atoms with E-state index in [1.165, 1.54) is 0 Å². The number of esters is 1. The van der Waals surface area contributed by atoms with Crippen LogP contribution in [-0.2, 0) is 21.5 Å². The molecule has 0 amide bonds. The van der Waals surface area contributed by atoms with E-state index in [1.54, 1.807) is 17.0 Å². The van der Waals surface area contributed by atoms with E-state index in [9.17, 15) is 9.59 Å². The molecule has 3 aromatic rings. The lowest BCUT2D eigenvalue weighted by atomic mass is 9.72. The zero-order valence-electron chi connectivity index (χ0n) is 14.1. The second-order valence-corrected chi connectivity index (χ2v) is 6.42. The average Bonchev–Trinajstić information content (AvgIpc) is 3.27. The van der Waals surface area contributed by atoms with Crippen molar-refractivity contribution >= 4 is 12.3 Å². The Morgan fingerprint density at radius 2 is 1.69 bits per heavy atom. The second kappa shape index (κ2) is 6.59. The topological polar surface area (TPSA) is 61.2 Å². The molecule has 0 saturated carbocycles. The molecular weight excluding hydrogens is 328 g/mol. The van der Waals surface area contributed by atoms with Crippen LogP contribution in [0.3, 0.4) is 0 Å². The van der Waals surface area contributed by atoms with Crippen LogP contribution in [0.25, 0.3) is 0 Å². The van der Waals surface area contributed by atoms with Gasteiger partial charge < -0.3 is 9.30 Å². The van der Waals surface area contributed by atoms with Crippen molar-refractivity contribution in [3.05, 3.63) is 90.0 Å². The van der Waals surface area contributed by atoms with Crippen molar-refractivity contribution in [3.63, 3.8) is 0 Å². The summed E-state index contributed by atoms with van der Waals surface area (Å²) >= 11 is 0. The highest BCUT2D eigenvalue weighted by Crippen LogP contribution is 2.43. The van der Waals surface area contributed by atoms with Crippen LogP contribution in [0.4, 0.5) is 0 Å². The lowest BCUT2D eigenvalue weighted by molar-refractivity contribution is -0.145. The lowest BCUT2D eigenvalue weighted by Crippen LogP contribution is -2.33. The van der Waals surface area contributed by atoms with Gasteiger partial charge in [0.25, 0.3) is 0 Å². The maximum absolute atomic E-state index is 13.1. The smallest absolute Gasteiger partial charge is 0.321 e. The quantitative estimate of drug-likeness (QED) is 0.526. The van der Waals surface area contributed by atoms with Crippen molar-refractivity contribution < 1.29 is 14.3 Å². The first-order chi connectivity index (χ1) is 12.7. The molecule has 26 heavy (non-hydrogen) atoms. The largest absolute Gasteiger partial charge is 0.459 e. The van der Waals surface area contributed by atoms with Crippen molar-refractivity contribution in [2.45, 2.75) is 24.5 Å². The third-order valence-electron chi connectivity index (χ3n) is 4.94. The molecule has 1 saturated heterocycles. The number of benzene rings is 2. The van der Waals surface area contributed by atoms with Gasteiger partial charge in [0.2, 0.25) is 0 Å². The third-order valence-corrected chi connectivity index (χ3v) is 4.94. The number of hydrogen-bond donors (Lipinski definition) is 0. The van der Waals surface area contributed by atoms with Crippen LogP contribution in [-0.4, -0.2) is 27.9 Å². The molecule has 2 heterocycles. The molecule has 1 atom stereocenters. The van der Waals surface area contributed by atoms with Crippen LogP contribution in [0.15, 0.2) is 73.1 Å². The molecule has 1 aliphatic heterocycles. The Hall–Kier alpha value is -3.21. The molecule has 130 valence electrons. The minimum atomic E-state index is -0.838. The number of hydrogen-bond acceptors (Lipinski definition) is 4. The Kier molecular flexibility index (Phi) is 4.13. The molecule has 5 heteroatoms. The molecule has 5 nitrogen and oxygen atoms in total. The van der Waals surface area contributed by atoms with Crippen molar-refractivity contribution in [2.24, 2.45) is 0 Å². The Morgan fingerprint density at radius 3 is 2.27 bits per heavy atom. The zero-order valence-corrected chi connectivity index (χ0v) is 14.1. The molecule has 0 spiro atoms. The van der Waals surface area contributed by atoms with E-state index < -0.39 is 5.41 Å². The van der Waals surface area contributed by atoms with Crippen LogP contribution < -0.4 is 0 Å². The molecule has 0 bridgehead atoms. The van der Waals surface area contributed by atoms with Crippen LogP contribution in [0.1, 0.15) is 28.2 Å². The van der Waals surface area contributed by atoms with Crippen molar-refractivity contribution in [1.29, 1.82) is 0 Å². The Labute approximate surface area is 151 Å². The van der Waals surface area contributed by atoms with Crippen molar-refractivity contribution in [2.75, 3.05) is 0 Å². The van der Waals surface area contributed by atoms with E-state index in [0.717, 1.165) is 11.1 Å². The monoisotopic (exact) mass is 346 g/mol. The van der Waals surface area contributed by atoms with Gasteiger partial charge in [-0.1, -0.05) is 60.7 Å². The molecule has 1 fully saturated rings. The number of ether oxygens (including phenoxy) is 1. The molecule has 0 aliphatic carbocycles. The van der Waals surface area contributed by atoms with Gasteiger partial charge in [-0.3, -0.25) is 9.59 Å². The standard InChI is InChI=1S/C21H18N2O3/c24-15-19-22-11-12-23(19)14-18-13-21(20(25)26-18,16-7-3-1-4-8-16)17-9-5-2-6-10-17/h1-12,15,18H,13-14H2. The number of carbonyl (C=O) groups excluding carboxylic acids is 2. The summed E-state index contributed by atoms with van der Waals surface area (Å²) in [5.41, 5.74) is 0.995. The minimum absolute atomic E-state index is 0.257.